The number of para-hydroxylation sites is 1. The van der Waals surface area contributed by atoms with Gasteiger partial charge in [0.15, 0.2) is 6.10 Å². The van der Waals surface area contributed by atoms with Gasteiger partial charge in [0, 0.05) is 40.4 Å². The molecule has 1 N–H and O–H groups in total. The van der Waals surface area contributed by atoms with Crippen molar-refractivity contribution in [3.8, 4) is 0 Å². The Labute approximate surface area is 161 Å². The molecule has 3 aromatic rings. The van der Waals surface area contributed by atoms with Crippen LogP contribution in [0.25, 0.3) is 10.9 Å². The first-order chi connectivity index (χ1) is 13.6. The Balaban J connectivity index is 1.88. The molecule has 1 atom stereocenters. The van der Waals surface area contributed by atoms with Crippen molar-refractivity contribution in [1.29, 1.82) is 0 Å². The summed E-state index contributed by atoms with van der Waals surface area (Å²) in [5, 5.41) is 0.742. The molecule has 0 bridgehead atoms. The van der Waals surface area contributed by atoms with Crippen LogP contribution < -0.4 is 0 Å². The fraction of sp³-hybridized carbons (Fsp3) is 0.136. The number of H-pyrrole nitrogens is 1. The molecule has 0 aliphatic rings. The topological polar surface area (TPSA) is 85.5 Å². The quantitative estimate of drug-likeness (QED) is 0.385. The van der Waals surface area contributed by atoms with Crippen molar-refractivity contribution in [3.05, 3.63) is 84.1 Å². The summed E-state index contributed by atoms with van der Waals surface area (Å²) in [4.78, 5) is 39.8. The maximum Gasteiger partial charge on any atom is 0.332 e. The molecular weight excluding hydrogens is 358 g/mol. The number of hydrogen-bond acceptors (Lipinski definition) is 5. The van der Waals surface area contributed by atoms with E-state index in [4.69, 9.17) is 9.47 Å². The number of aromatic nitrogens is 1. The third-order valence-corrected chi connectivity index (χ3v) is 4.07. The molecule has 6 heteroatoms. The van der Waals surface area contributed by atoms with Crippen LogP contribution in [0.5, 0.6) is 0 Å². The van der Waals surface area contributed by atoms with E-state index in [0.29, 0.717) is 11.1 Å². The Hall–Kier alpha value is -3.67. The number of Topliss-reactive ketones (excluding diaryl/α,β-unsaturated/α-hetero) is 1. The van der Waals surface area contributed by atoms with E-state index in [9.17, 15) is 14.4 Å². The van der Waals surface area contributed by atoms with Gasteiger partial charge in [-0.1, -0.05) is 48.5 Å². The van der Waals surface area contributed by atoms with E-state index in [1.54, 1.807) is 43.5 Å². The number of carbonyl (C=O) groups is 3. The third-order valence-electron chi connectivity index (χ3n) is 4.07. The van der Waals surface area contributed by atoms with E-state index >= 15 is 0 Å². The van der Waals surface area contributed by atoms with E-state index < -0.39 is 18.0 Å². The lowest BCUT2D eigenvalue weighted by Gasteiger charge is -2.16. The molecule has 0 saturated heterocycles. The van der Waals surface area contributed by atoms with Crippen molar-refractivity contribution >= 4 is 28.6 Å². The summed E-state index contributed by atoms with van der Waals surface area (Å²) in [6.07, 6.45) is 2.39. The number of rotatable bonds is 7. The Morgan fingerprint density at radius 3 is 2.39 bits per heavy atom. The minimum absolute atomic E-state index is 0.198. The molecule has 1 aromatic heterocycles. The highest BCUT2D eigenvalue weighted by atomic mass is 16.5. The molecule has 0 unspecified atom stereocenters. The standard InChI is InChI=1S/C22H19NO5/c1-2-27-19(24)12-13-20(25)28-22(15-8-4-3-5-9-15)21(26)17-14-23-18-11-7-6-10-16(17)18/h3-14,22-23H,2H2,1H3/b13-12+/t22-/m0/s1. The first kappa shape index (κ1) is 19.1. The molecule has 0 fully saturated rings. The van der Waals surface area contributed by atoms with Crippen molar-refractivity contribution in [1.82, 2.24) is 4.98 Å². The van der Waals surface area contributed by atoms with Crippen LogP contribution in [0, 0.1) is 0 Å². The average molecular weight is 377 g/mol. The number of ketones is 1. The molecule has 0 aliphatic carbocycles. The van der Waals surface area contributed by atoms with Gasteiger partial charge in [-0.3, -0.25) is 4.79 Å². The summed E-state index contributed by atoms with van der Waals surface area (Å²) in [5.74, 6) is -1.82. The first-order valence-corrected chi connectivity index (χ1v) is 8.81. The summed E-state index contributed by atoms with van der Waals surface area (Å²) < 4.78 is 10.1. The molecule has 0 aliphatic heterocycles. The Kier molecular flexibility index (Phi) is 6.01. The zero-order valence-electron chi connectivity index (χ0n) is 15.3. The summed E-state index contributed by atoms with van der Waals surface area (Å²) in [6.45, 7) is 1.86. The van der Waals surface area contributed by atoms with Gasteiger partial charge in [-0.15, -0.1) is 0 Å². The first-order valence-electron chi connectivity index (χ1n) is 8.81. The molecule has 28 heavy (non-hydrogen) atoms. The summed E-state index contributed by atoms with van der Waals surface area (Å²) in [7, 11) is 0. The monoisotopic (exact) mass is 377 g/mol. The van der Waals surface area contributed by atoms with E-state index in [-0.39, 0.29) is 12.4 Å². The van der Waals surface area contributed by atoms with Crippen LogP contribution in [-0.2, 0) is 19.1 Å². The van der Waals surface area contributed by atoms with Crippen molar-refractivity contribution < 1.29 is 23.9 Å². The predicted octanol–water partition coefficient (Wildman–Crippen LogP) is 3.75. The molecule has 3 rings (SSSR count). The second-order valence-corrected chi connectivity index (χ2v) is 5.93. The maximum absolute atomic E-state index is 13.2. The number of carbonyl (C=O) groups excluding carboxylic acids is 3. The molecule has 142 valence electrons. The van der Waals surface area contributed by atoms with Crippen LogP contribution in [0.15, 0.2) is 72.9 Å². The number of hydrogen-bond donors (Lipinski definition) is 1. The molecule has 2 aromatic carbocycles. The largest absolute Gasteiger partial charge is 0.463 e. The van der Waals surface area contributed by atoms with E-state index in [1.165, 1.54) is 0 Å². The van der Waals surface area contributed by atoms with Gasteiger partial charge in [0.25, 0.3) is 0 Å². The van der Waals surface area contributed by atoms with Gasteiger partial charge < -0.3 is 14.5 Å². The molecule has 0 amide bonds. The van der Waals surface area contributed by atoms with Crippen molar-refractivity contribution in [2.45, 2.75) is 13.0 Å². The van der Waals surface area contributed by atoms with Gasteiger partial charge >= 0.3 is 11.9 Å². The Bertz CT molecular complexity index is 1020. The minimum Gasteiger partial charge on any atom is -0.463 e. The predicted molar refractivity (Wildman–Crippen MR) is 104 cm³/mol. The third kappa shape index (κ3) is 4.35. The second-order valence-electron chi connectivity index (χ2n) is 5.93. The van der Waals surface area contributed by atoms with Crippen LogP contribution in [0.1, 0.15) is 28.9 Å². The molecule has 6 nitrogen and oxygen atoms in total. The number of esters is 2. The molecular formula is C22H19NO5. The van der Waals surface area contributed by atoms with Crippen molar-refractivity contribution in [2.24, 2.45) is 0 Å². The van der Waals surface area contributed by atoms with Gasteiger partial charge in [-0.25, -0.2) is 9.59 Å². The lowest BCUT2D eigenvalue weighted by molar-refractivity contribution is -0.142. The lowest BCUT2D eigenvalue weighted by atomic mass is 9.99. The zero-order chi connectivity index (χ0) is 19.9. The van der Waals surface area contributed by atoms with Gasteiger partial charge in [-0.2, -0.15) is 0 Å². The van der Waals surface area contributed by atoms with Gasteiger partial charge in [-0.05, 0) is 13.0 Å². The highest BCUT2D eigenvalue weighted by Crippen LogP contribution is 2.27. The Morgan fingerprint density at radius 1 is 0.964 bits per heavy atom. The summed E-state index contributed by atoms with van der Waals surface area (Å²) in [6, 6.07) is 16.1. The molecule has 0 spiro atoms. The lowest BCUT2D eigenvalue weighted by Crippen LogP contribution is -2.19. The SMILES string of the molecule is CCOC(=O)/C=C/C(=O)O[C@H](C(=O)c1c[nH]c2ccccc12)c1ccccc1. The van der Waals surface area contributed by atoms with E-state index in [2.05, 4.69) is 4.98 Å². The van der Waals surface area contributed by atoms with Gasteiger partial charge in [0.1, 0.15) is 0 Å². The van der Waals surface area contributed by atoms with Crippen LogP contribution in [-0.4, -0.2) is 29.3 Å². The van der Waals surface area contributed by atoms with E-state index in [1.807, 2.05) is 24.3 Å². The van der Waals surface area contributed by atoms with Gasteiger partial charge in [0.2, 0.25) is 5.78 Å². The van der Waals surface area contributed by atoms with Crippen molar-refractivity contribution in [3.63, 3.8) is 0 Å². The van der Waals surface area contributed by atoms with E-state index in [0.717, 1.165) is 23.1 Å². The normalized spacial score (nSPS) is 12.0. The zero-order valence-corrected chi connectivity index (χ0v) is 15.3. The number of ether oxygens (including phenoxy) is 2. The number of fused-ring (bicyclic) bond motifs is 1. The summed E-state index contributed by atoms with van der Waals surface area (Å²) in [5.41, 5.74) is 1.77. The minimum atomic E-state index is -1.14. The number of aromatic amines is 1. The van der Waals surface area contributed by atoms with Gasteiger partial charge in [0.05, 0.1) is 6.61 Å². The second kappa shape index (κ2) is 8.81. The number of nitrogens with one attached hydrogen (secondary N) is 1. The van der Waals surface area contributed by atoms with Crippen molar-refractivity contribution in [2.75, 3.05) is 6.61 Å². The highest BCUT2D eigenvalue weighted by Gasteiger charge is 2.27. The highest BCUT2D eigenvalue weighted by molar-refractivity contribution is 6.10. The van der Waals surface area contributed by atoms with Crippen LogP contribution >= 0.6 is 0 Å². The molecule has 0 radical (unpaired) electrons. The smallest absolute Gasteiger partial charge is 0.332 e. The van der Waals surface area contributed by atoms with Crippen LogP contribution in [0.4, 0.5) is 0 Å². The van der Waals surface area contributed by atoms with Crippen LogP contribution in [0.2, 0.25) is 0 Å². The fourth-order valence-corrected chi connectivity index (χ4v) is 2.80. The average Bonchev–Trinajstić information content (AvgIpc) is 3.15. The molecule has 0 saturated carbocycles. The number of benzene rings is 2. The fourth-order valence-electron chi connectivity index (χ4n) is 2.80. The Morgan fingerprint density at radius 2 is 1.64 bits per heavy atom. The maximum atomic E-state index is 13.2. The molecule has 1 heterocycles. The van der Waals surface area contributed by atoms with Crippen LogP contribution in [0.3, 0.4) is 0 Å². The summed E-state index contributed by atoms with van der Waals surface area (Å²) >= 11 is 0.